The van der Waals surface area contributed by atoms with Crippen LogP contribution in [-0.4, -0.2) is 41.7 Å². The number of carbonyl (C=O) groups excluding carboxylic acids is 1. The van der Waals surface area contributed by atoms with E-state index in [0.29, 0.717) is 19.0 Å². The SMILES string of the molecule is CC(NC(=O)CN1CCC(C)C(O)C1)c1ccccc1. The molecule has 2 rings (SSSR count). The number of rotatable bonds is 4. The van der Waals surface area contributed by atoms with Gasteiger partial charge < -0.3 is 10.4 Å². The Balaban J connectivity index is 1.81. The highest BCUT2D eigenvalue weighted by molar-refractivity contribution is 5.78. The van der Waals surface area contributed by atoms with Crippen LogP contribution in [0, 0.1) is 5.92 Å². The molecular formula is C16H24N2O2. The van der Waals surface area contributed by atoms with Crippen LogP contribution in [0.25, 0.3) is 0 Å². The lowest BCUT2D eigenvalue weighted by Gasteiger charge is -2.33. The van der Waals surface area contributed by atoms with Gasteiger partial charge in [0.1, 0.15) is 0 Å². The van der Waals surface area contributed by atoms with Crippen molar-refractivity contribution in [3.8, 4) is 0 Å². The van der Waals surface area contributed by atoms with E-state index < -0.39 is 0 Å². The molecule has 0 bridgehead atoms. The van der Waals surface area contributed by atoms with E-state index in [-0.39, 0.29) is 18.1 Å². The standard InChI is InChI=1S/C16H24N2O2/c1-12-8-9-18(10-15(12)19)11-16(20)17-13(2)14-6-4-3-5-7-14/h3-7,12-13,15,19H,8-11H2,1-2H3,(H,17,20). The number of nitrogens with one attached hydrogen (secondary N) is 1. The van der Waals surface area contributed by atoms with Crippen LogP contribution in [0.1, 0.15) is 31.9 Å². The van der Waals surface area contributed by atoms with Crippen LogP contribution in [0.2, 0.25) is 0 Å². The minimum Gasteiger partial charge on any atom is -0.392 e. The number of likely N-dealkylation sites (tertiary alicyclic amines) is 1. The number of hydrogen-bond acceptors (Lipinski definition) is 3. The lowest BCUT2D eigenvalue weighted by molar-refractivity contribution is -0.123. The van der Waals surface area contributed by atoms with Crippen LogP contribution >= 0.6 is 0 Å². The Morgan fingerprint density at radius 2 is 2.15 bits per heavy atom. The molecule has 4 heteroatoms. The molecule has 1 aliphatic rings. The van der Waals surface area contributed by atoms with Gasteiger partial charge in [-0.2, -0.15) is 0 Å². The van der Waals surface area contributed by atoms with Crippen LogP contribution in [0.4, 0.5) is 0 Å². The van der Waals surface area contributed by atoms with Crippen molar-refractivity contribution in [3.05, 3.63) is 35.9 Å². The Hall–Kier alpha value is -1.39. The largest absolute Gasteiger partial charge is 0.392 e. The van der Waals surface area contributed by atoms with Gasteiger partial charge in [0.2, 0.25) is 5.91 Å². The number of piperidine rings is 1. The molecule has 1 fully saturated rings. The minimum absolute atomic E-state index is 0.0114. The number of nitrogens with zero attached hydrogens (tertiary/aromatic N) is 1. The Labute approximate surface area is 120 Å². The van der Waals surface area contributed by atoms with E-state index in [4.69, 9.17) is 0 Å². The molecule has 4 nitrogen and oxygen atoms in total. The third kappa shape index (κ3) is 4.05. The molecule has 0 saturated carbocycles. The van der Waals surface area contributed by atoms with Gasteiger partial charge in [0, 0.05) is 6.54 Å². The summed E-state index contributed by atoms with van der Waals surface area (Å²) in [4.78, 5) is 14.1. The van der Waals surface area contributed by atoms with Crippen LogP contribution in [-0.2, 0) is 4.79 Å². The first-order valence-electron chi connectivity index (χ1n) is 7.31. The monoisotopic (exact) mass is 276 g/mol. The van der Waals surface area contributed by atoms with E-state index in [0.717, 1.165) is 18.5 Å². The fourth-order valence-corrected chi connectivity index (χ4v) is 2.57. The summed E-state index contributed by atoms with van der Waals surface area (Å²) in [6.07, 6.45) is 0.631. The normalized spacial score (nSPS) is 25.1. The van der Waals surface area contributed by atoms with Crippen molar-refractivity contribution >= 4 is 5.91 Å². The van der Waals surface area contributed by atoms with Crippen molar-refractivity contribution in [1.82, 2.24) is 10.2 Å². The summed E-state index contributed by atoms with van der Waals surface area (Å²) < 4.78 is 0. The molecule has 1 amide bonds. The quantitative estimate of drug-likeness (QED) is 0.877. The summed E-state index contributed by atoms with van der Waals surface area (Å²) in [5, 5.41) is 12.9. The van der Waals surface area contributed by atoms with Crippen molar-refractivity contribution in [2.45, 2.75) is 32.4 Å². The number of benzene rings is 1. The second kappa shape index (κ2) is 6.86. The number of amides is 1. The molecule has 3 unspecified atom stereocenters. The van der Waals surface area contributed by atoms with Crippen molar-refractivity contribution < 1.29 is 9.90 Å². The lowest BCUT2D eigenvalue weighted by Crippen LogP contribution is -2.47. The van der Waals surface area contributed by atoms with Crippen LogP contribution in [0.15, 0.2) is 30.3 Å². The number of hydrogen-bond donors (Lipinski definition) is 2. The molecule has 1 saturated heterocycles. The zero-order valence-corrected chi connectivity index (χ0v) is 12.2. The molecule has 3 atom stereocenters. The van der Waals surface area contributed by atoms with Gasteiger partial charge in [-0.3, -0.25) is 9.69 Å². The summed E-state index contributed by atoms with van der Waals surface area (Å²) in [6, 6.07) is 9.95. The van der Waals surface area contributed by atoms with E-state index in [2.05, 4.69) is 12.2 Å². The second-order valence-electron chi connectivity index (χ2n) is 5.77. The van der Waals surface area contributed by atoms with Crippen LogP contribution < -0.4 is 5.32 Å². The minimum atomic E-state index is -0.317. The maximum Gasteiger partial charge on any atom is 0.234 e. The van der Waals surface area contributed by atoms with Gasteiger partial charge in [0.25, 0.3) is 0 Å². The van der Waals surface area contributed by atoms with Crippen LogP contribution in [0.5, 0.6) is 0 Å². The van der Waals surface area contributed by atoms with Crippen LogP contribution in [0.3, 0.4) is 0 Å². The summed E-state index contributed by atoms with van der Waals surface area (Å²) in [5.74, 6) is 0.348. The Morgan fingerprint density at radius 3 is 2.80 bits per heavy atom. The molecule has 1 heterocycles. The maximum absolute atomic E-state index is 12.0. The summed E-state index contributed by atoms with van der Waals surface area (Å²) in [7, 11) is 0. The van der Waals surface area contributed by atoms with Gasteiger partial charge in [0.15, 0.2) is 0 Å². The molecule has 110 valence electrons. The molecule has 0 aliphatic carbocycles. The smallest absolute Gasteiger partial charge is 0.234 e. The molecule has 1 aromatic carbocycles. The van der Waals surface area contributed by atoms with Gasteiger partial charge in [-0.05, 0) is 31.4 Å². The first-order chi connectivity index (χ1) is 9.56. The highest BCUT2D eigenvalue weighted by Crippen LogP contribution is 2.17. The second-order valence-corrected chi connectivity index (χ2v) is 5.77. The fourth-order valence-electron chi connectivity index (χ4n) is 2.57. The van der Waals surface area contributed by atoms with E-state index in [1.165, 1.54) is 0 Å². The highest BCUT2D eigenvalue weighted by atomic mass is 16.3. The average molecular weight is 276 g/mol. The highest BCUT2D eigenvalue weighted by Gasteiger charge is 2.25. The van der Waals surface area contributed by atoms with Crippen molar-refractivity contribution in [2.24, 2.45) is 5.92 Å². The van der Waals surface area contributed by atoms with Crippen molar-refractivity contribution in [2.75, 3.05) is 19.6 Å². The van der Waals surface area contributed by atoms with Gasteiger partial charge in [-0.1, -0.05) is 37.3 Å². The molecular weight excluding hydrogens is 252 g/mol. The van der Waals surface area contributed by atoms with Gasteiger partial charge in [-0.15, -0.1) is 0 Å². The Morgan fingerprint density at radius 1 is 1.45 bits per heavy atom. The van der Waals surface area contributed by atoms with E-state index >= 15 is 0 Å². The first kappa shape index (κ1) is 15.0. The molecule has 20 heavy (non-hydrogen) atoms. The van der Waals surface area contributed by atoms with E-state index in [1.54, 1.807) is 0 Å². The summed E-state index contributed by atoms with van der Waals surface area (Å²) in [6.45, 7) is 5.88. The third-order valence-electron chi connectivity index (χ3n) is 4.05. The third-order valence-corrected chi connectivity index (χ3v) is 4.05. The Bertz CT molecular complexity index is 435. The number of aliphatic hydroxyl groups is 1. The van der Waals surface area contributed by atoms with Crippen molar-refractivity contribution in [3.63, 3.8) is 0 Å². The van der Waals surface area contributed by atoms with Gasteiger partial charge in [0.05, 0.1) is 18.7 Å². The molecule has 0 radical (unpaired) electrons. The topological polar surface area (TPSA) is 52.6 Å². The lowest BCUT2D eigenvalue weighted by atomic mass is 9.96. The number of β-amino-alcohol motifs (C(OH)–C–C–N with tert-alkyl or cyclic N) is 1. The molecule has 1 aliphatic heterocycles. The Kier molecular flexibility index (Phi) is 5.15. The summed E-state index contributed by atoms with van der Waals surface area (Å²) >= 11 is 0. The first-order valence-corrected chi connectivity index (χ1v) is 7.31. The van der Waals surface area contributed by atoms with E-state index in [1.807, 2.05) is 42.2 Å². The van der Waals surface area contributed by atoms with Gasteiger partial charge in [-0.25, -0.2) is 0 Å². The zero-order valence-electron chi connectivity index (χ0n) is 12.2. The molecule has 0 spiro atoms. The van der Waals surface area contributed by atoms with E-state index in [9.17, 15) is 9.90 Å². The molecule has 0 aromatic heterocycles. The number of carbonyl (C=O) groups is 1. The summed E-state index contributed by atoms with van der Waals surface area (Å²) in [5.41, 5.74) is 1.10. The predicted octanol–water partition coefficient (Wildman–Crippen LogP) is 1.57. The van der Waals surface area contributed by atoms with Crippen molar-refractivity contribution in [1.29, 1.82) is 0 Å². The average Bonchev–Trinajstić information content (AvgIpc) is 2.44. The zero-order chi connectivity index (χ0) is 14.5. The molecule has 1 aromatic rings. The molecule has 2 N–H and O–H groups in total. The fraction of sp³-hybridized carbons (Fsp3) is 0.562. The maximum atomic E-state index is 12.0. The van der Waals surface area contributed by atoms with Gasteiger partial charge >= 0.3 is 0 Å². The predicted molar refractivity (Wildman–Crippen MR) is 79.2 cm³/mol. The number of aliphatic hydroxyl groups excluding tert-OH is 1.